The van der Waals surface area contributed by atoms with E-state index < -0.39 is 5.60 Å². The summed E-state index contributed by atoms with van der Waals surface area (Å²) in [7, 11) is 0. The fourth-order valence-electron chi connectivity index (χ4n) is 1.63. The summed E-state index contributed by atoms with van der Waals surface area (Å²) in [6, 6.07) is 0. The third-order valence-corrected chi connectivity index (χ3v) is 2.63. The molecule has 0 aliphatic rings. The zero-order chi connectivity index (χ0) is 15.2. The second-order valence-electron chi connectivity index (χ2n) is 6.03. The first-order valence-electron chi connectivity index (χ1n) is 6.74. The van der Waals surface area contributed by atoms with Crippen molar-refractivity contribution < 1.29 is 14.3 Å². The lowest BCUT2D eigenvalue weighted by Gasteiger charge is -2.29. The number of hydrogen-bond acceptors (Lipinski definition) is 3. The van der Waals surface area contributed by atoms with Gasteiger partial charge in [-0.3, -0.25) is 0 Å². The molecule has 19 heavy (non-hydrogen) atoms. The van der Waals surface area contributed by atoms with Gasteiger partial charge in [-0.15, -0.1) is 0 Å². The first kappa shape index (κ1) is 17.9. The van der Waals surface area contributed by atoms with Crippen LogP contribution in [0.2, 0.25) is 0 Å². The molecule has 0 amide bonds. The van der Waals surface area contributed by atoms with Gasteiger partial charge in [0.25, 0.3) is 0 Å². The summed E-state index contributed by atoms with van der Waals surface area (Å²) in [5.74, 6) is 0.120. The first-order chi connectivity index (χ1) is 8.55. The Kier molecular flexibility index (Phi) is 7.06. The molecule has 1 atom stereocenters. The third kappa shape index (κ3) is 7.83. The molecule has 0 aliphatic carbocycles. The molecule has 0 saturated carbocycles. The Morgan fingerprint density at radius 3 is 2.21 bits per heavy atom. The van der Waals surface area contributed by atoms with Crippen LogP contribution in [-0.2, 0) is 14.3 Å². The van der Waals surface area contributed by atoms with Crippen molar-refractivity contribution in [1.82, 2.24) is 0 Å². The highest BCUT2D eigenvalue weighted by molar-refractivity contribution is 5.86. The van der Waals surface area contributed by atoms with E-state index >= 15 is 0 Å². The summed E-state index contributed by atoms with van der Waals surface area (Å²) in [4.78, 5) is 11.4. The largest absolute Gasteiger partial charge is 0.459 e. The van der Waals surface area contributed by atoms with E-state index in [1.165, 1.54) is 5.57 Å². The van der Waals surface area contributed by atoms with Crippen LogP contribution in [-0.4, -0.2) is 24.3 Å². The number of carbonyl (C=O) groups excluding carboxylic acids is 1. The quantitative estimate of drug-likeness (QED) is 0.399. The molecule has 0 rings (SSSR count). The van der Waals surface area contributed by atoms with Crippen molar-refractivity contribution in [3.63, 3.8) is 0 Å². The maximum absolute atomic E-state index is 11.4. The second kappa shape index (κ2) is 7.49. The molecule has 0 saturated heterocycles. The topological polar surface area (TPSA) is 35.5 Å². The van der Waals surface area contributed by atoms with Gasteiger partial charge < -0.3 is 9.47 Å². The Labute approximate surface area is 117 Å². The van der Waals surface area contributed by atoms with Gasteiger partial charge in [0, 0.05) is 5.57 Å². The van der Waals surface area contributed by atoms with Gasteiger partial charge in [-0.05, 0) is 46.1 Å². The average Bonchev–Trinajstić information content (AvgIpc) is 2.24. The van der Waals surface area contributed by atoms with Gasteiger partial charge in [0.1, 0.15) is 6.61 Å². The minimum absolute atomic E-state index is 0.000861. The molecule has 0 heterocycles. The lowest BCUT2D eigenvalue weighted by molar-refractivity contribution is -0.151. The fraction of sp³-hybridized carbons (Fsp3) is 0.688. The molecule has 0 fully saturated rings. The van der Waals surface area contributed by atoms with Crippen molar-refractivity contribution in [2.75, 3.05) is 6.61 Å². The van der Waals surface area contributed by atoms with Gasteiger partial charge in [-0.25, -0.2) is 4.79 Å². The van der Waals surface area contributed by atoms with Gasteiger partial charge >= 0.3 is 5.97 Å². The van der Waals surface area contributed by atoms with E-state index in [2.05, 4.69) is 33.4 Å². The van der Waals surface area contributed by atoms with E-state index in [9.17, 15) is 4.79 Å². The van der Waals surface area contributed by atoms with Crippen LogP contribution in [0.15, 0.2) is 23.8 Å². The second-order valence-corrected chi connectivity index (χ2v) is 6.03. The Balaban J connectivity index is 4.43. The van der Waals surface area contributed by atoms with Gasteiger partial charge in [-0.1, -0.05) is 26.5 Å². The molecule has 110 valence electrons. The van der Waals surface area contributed by atoms with Crippen molar-refractivity contribution in [3.8, 4) is 0 Å². The van der Waals surface area contributed by atoms with Crippen LogP contribution in [0.25, 0.3) is 0 Å². The van der Waals surface area contributed by atoms with E-state index in [0.29, 0.717) is 11.5 Å². The number of allylic oxidation sites excluding steroid dienone is 1. The summed E-state index contributed by atoms with van der Waals surface area (Å²) in [6.07, 6.45) is 2.18. The Morgan fingerprint density at radius 1 is 1.26 bits per heavy atom. The van der Waals surface area contributed by atoms with E-state index in [1.54, 1.807) is 6.92 Å². The molecule has 0 N–H and O–H groups in total. The van der Waals surface area contributed by atoms with Crippen molar-refractivity contribution in [2.24, 2.45) is 5.92 Å². The highest BCUT2D eigenvalue weighted by atomic mass is 16.6. The molecule has 1 unspecified atom stereocenters. The highest BCUT2D eigenvalue weighted by Crippen LogP contribution is 2.18. The van der Waals surface area contributed by atoms with Gasteiger partial charge in [0.15, 0.2) is 0 Å². The molecule has 0 aromatic rings. The smallest absolute Gasteiger partial charge is 0.333 e. The van der Waals surface area contributed by atoms with Crippen LogP contribution in [0.5, 0.6) is 0 Å². The number of carbonyl (C=O) groups is 1. The normalized spacial score (nSPS) is 14.4. The summed E-state index contributed by atoms with van der Waals surface area (Å²) >= 11 is 0. The monoisotopic (exact) mass is 268 g/mol. The van der Waals surface area contributed by atoms with Crippen molar-refractivity contribution in [3.05, 3.63) is 23.8 Å². The predicted octanol–water partition coefficient (Wildman–Crippen LogP) is 3.89. The van der Waals surface area contributed by atoms with Crippen molar-refractivity contribution >= 4 is 5.97 Å². The van der Waals surface area contributed by atoms with Crippen LogP contribution >= 0.6 is 0 Å². The minimum Gasteiger partial charge on any atom is -0.459 e. The number of rotatable bonds is 7. The van der Waals surface area contributed by atoms with Gasteiger partial charge in [0.05, 0.1) is 11.7 Å². The van der Waals surface area contributed by atoms with E-state index in [0.717, 1.165) is 0 Å². The molecule has 0 aromatic heterocycles. The maximum Gasteiger partial charge on any atom is 0.333 e. The fourth-order valence-corrected chi connectivity index (χ4v) is 1.63. The average molecular weight is 268 g/mol. The van der Waals surface area contributed by atoms with Crippen LogP contribution in [0.1, 0.15) is 48.5 Å². The number of ether oxygens (including phenoxy) is 2. The molecular formula is C16H28O3. The third-order valence-electron chi connectivity index (χ3n) is 2.63. The lowest BCUT2D eigenvalue weighted by Crippen LogP contribution is -2.35. The van der Waals surface area contributed by atoms with Crippen LogP contribution in [0.3, 0.4) is 0 Å². The first-order valence-corrected chi connectivity index (χ1v) is 6.74. The van der Waals surface area contributed by atoms with E-state index in [-0.39, 0.29) is 18.7 Å². The minimum atomic E-state index is -0.517. The Bertz CT molecular complexity index is 351. The molecule has 0 aromatic carbocycles. The molecule has 3 heteroatoms. The lowest BCUT2D eigenvalue weighted by atomic mass is 10.1. The number of hydrogen-bond donors (Lipinski definition) is 0. The van der Waals surface area contributed by atoms with Gasteiger partial charge in [-0.2, -0.15) is 0 Å². The zero-order valence-corrected chi connectivity index (χ0v) is 13.4. The summed E-state index contributed by atoms with van der Waals surface area (Å²) in [5.41, 5.74) is 1.07. The molecule has 0 aliphatic heterocycles. The molecule has 3 nitrogen and oxygen atoms in total. The van der Waals surface area contributed by atoms with E-state index in [4.69, 9.17) is 9.47 Å². The Morgan fingerprint density at radius 2 is 1.79 bits per heavy atom. The van der Waals surface area contributed by atoms with Gasteiger partial charge in [0.2, 0.25) is 0 Å². The molecule has 0 spiro atoms. The summed E-state index contributed by atoms with van der Waals surface area (Å²) < 4.78 is 11.1. The standard InChI is InChI=1S/C16H28O3/c1-11(2)9-13(5)14(6)19-16(7,8)10-18-15(17)12(3)4/h9,11,14H,3,10H2,1-2,4-8H3/b13-9+. The van der Waals surface area contributed by atoms with Crippen molar-refractivity contribution in [1.29, 1.82) is 0 Å². The summed E-state index contributed by atoms with van der Waals surface area (Å²) in [5, 5.41) is 0. The highest BCUT2D eigenvalue weighted by Gasteiger charge is 2.24. The summed E-state index contributed by atoms with van der Waals surface area (Å²) in [6.45, 7) is 17.6. The van der Waals surface area contributed by atoms with E-state index in [1.807, 2.05) is 20.8 Å². The predicted molar refractivity (Wildman–Crippen MR) is 79.0 cm³/mol. The van der Waals surface area contributed by atoms with Crippen LogP contribution in [0.4, 0.5) is 0 Å². The molecular weight excluding hydrogens is 240 g/mol. The van der Waals surface area contributed by atoms with Crippen LogP contribution in [0, 0.1) is 5.92 Å². The maximum atomic E-state index is 11.4. The Hall–Kier alpha value is -1.09. The zero-order valence-electron chi connectivity index (χ0n) is 13.4. The molecule has 0 bridgehead atoms. The number of esters is 1. The van der Waals surface area contributed by atoms with Crippen LogP contribution < -0.4 is 0 Å². The van der Waals surface area contributed by atoms with Crippen molar-refractivity contribution in [2.45, 2.75) is 60.2 Å². The SMILES string of the molecule is C=C(C)C(=O)OCC(C)(C)OC(C)/C(C)=C/C(C)C. The molecule has 0 radical (unpaired) electrons.